The van der Waals surface area contributed by atoms with Gasteiger partial charge in [0.15, 0.2) is 5.16 Å². The lowest BCUT2D eigenvalue weighted by molar-refractivity contribution is 0.635. The normalized spacial score (nSPS) is 11.3. The van der Waals surface area contributed by atoms with Crippen LogP contribution in [0.25, 0.3) is 10.2 Å². The third kappa shape index (κ3) is 3.20. The van der Waals surface area contributed by atoms with Crippen molar-refractivity contribution in [2.24, 2.45) is 0 Å². The van der Waals surface area contributed by atoms with Gasteiger partial charge in [-0.05, 0) is 29.5 Å². The van der Waals surface area contributed by atoms with Crippen LogP contribution in [0.3, 0.4) is 0 Å². The Balaban J connectivity index is 1.84. The summed E-state index contributed by atoms with van der Waals surface area (Å²) in [5.74, 6) is 0. The highest BCUT2D eigenvalue weighted by atomic mass is 32.2. The van der Waals surface area contributed by atoms with Crippen LogP contribution in [0.2, 0.25) is 0 Å². The molecule has 0 spiro atoms. The molecule has 4 aromatic rings. The number of hydrogen-bond acceptors (Lipinski definition) is 4. The standard InChI is InChI=1S/C21H18N2OS2/c1-2-23-20(24)19-17(13-14-25-19)22-21(23)26-18(15-9-5-3-6-10-15)16-11-7-4-8-12-16/h3-14,18H,2H2,1H3. The minimum Gasteiger partial charge on any atom is -0.287 e. The van der Waals surface area contributed by atoms with Crippen LogP contribution in [-0.2, 0) is 6.54 Å². The molecule has 0 atom stereocenters. The lowest BCUT2D eigenvalue weighted by Gasteiger charge is -2.19. The van der Waals surface area contributed by atoms with E-state index in [1.165, 1.54) is 22.5 Å². The van der Waals surface area contributed by atoms with Crippen LogP contribution in [0.4, 0.5) is 0 Å². The molecule has 0 saturated carbocycles. The van der Waals surface area contributed by atoms with Crippen molar-refractivity contribution in [2.45, 2.75) is 23.9 Å². The number of thioether (sulfide) groups is 1. The molecular weight excluding hydrogens is 360 g/mol. The predicted molar refractivity (Wildman–Crippen MR) is 110 cm³/mol. The molecule has 2 heterocycles. The van der Waals surface area contributed by atoms with Crippen molar-refractivity contribution in [3.05, 3.63) is 93.6 Å². The van der Waals surface area contributed by atoms with Crippen molar-refractivity contribution in [3.63, 3.8) is 0 Å². The summed E-state index contributed by atoms with van der Waals surface area (Å²) in [5, 5.41) is 2.78. The topological polar surface area (TPSA) is 34.9 Å². The molecule has 4 rings (SSSR count). The molecule has 5 heteroatoms. The van der Waals surface area contributed by atoms with E-state index < -0.39 is 0 Å². The maximum Gasteiger partial charge on any atom is 0.272 e. The fraction of sp³-hybridized carbons (Fsp3) is 0.143. The van der Waals surface area contributed by atoms with E-state index in [0.717, 1.165) is 15.4 Å². The van der Waals surface area contributed by atoms with Crippen molar-refractivity contribution >= 4 is 33.3 Å². The molecule has 0 aliphatic heterocycles. The molecule has 2 aromatic carbocycles. The molecular formula is C21H18N2OS2. The highest BCUT2D eigenvalue weighted by Gasteiger charge is 2.20. The fourth-order valence-corrected chi connectivity index (χ4v) is 5.05. The summed E-state index contributed by atoms with van der Waals surface area (Å²) in [6.45, 7) is 2.60. The summed E-state index contributed by atoms with van der Waals surface area (Å²) in [7, 11) is 0. The third-order valence-corrected chi connectivity index (χ3v) is 6.47. The van der Waals surface area contributed by atoms with Gasteiger partial charge in [-0.25, -0.2) is 4.98 Å². The molecule has 130 valence electrons. The molecule has 0 aliphatic rings. The first-order chi connectivity index (χ1) is 12.8. The van der Waals surface area contributed by atoms with E-state index in [9.17, 15) is 4.79 Å². The zero-order chi connectivity index (χ0) is 17.9. The minimum atomic E-state index is 0.0508. The quantitative estimate of drug-likeness (QED) is 0.346. The Kier molecular flexibility index (Phi) is 4.91. The number of fused-ring (bicyclic) bond motifs is 1. The summed E-state index contributed by atoms with van der Waals surface area (Å²) in [4.78, 5) is 17.6. The van der Waals surface area contributed by atoms with Gasteiger partial charge in [0.05, 0.1) is 10.8 Å². The van der Waals surface area contributed by atoms with Crippen molar-refractivity contribution in [3.8, 4) is 0 Å². The van der Waals surface area contributed by atoms with Gasteiger partial charge in [0.2, 0.25) is 0 Å². The van der Waals surface area contributed by atoms with Crippen LogP contribution in [0.15, 0.2) is 82.1 Å². The second kappa shape index (κ2) is 7.48. The Labute approximate surface area is 160 Å². The van der Waals surface area contributed by atoms with Gasteiger partial charge < -0.3 is 0 Å². The van der Waals surface area contributed by atoms with Gasteiger partial charge >= 0.3 is 0 Å². The van der Waals surface area contributed by atoms with Crippen molar-refractivity contribution < 1.29 is 0 Å². The molecule has 26 heavy (non-hydrogen) atoms. The Morgan fingerprint density at radius 1 is 1.00 bits per heavy atom. The first-order valence-corrected chi connectivity index (χ1v) is 10.3. The Morgan fingerprint density at radius 2 is 1.62 bits per heavy atom. The van der Waals surface area contributed by atoms with Gasteiger partial charge in [-0.3, -0.25) is 9.36 Å². The molecule has 0 radical (unpaired) electrons. The highest BCUT2D eigenvalue weighted by molar-refractivity contribution is 7.99. The third-order valence-electron chi connectivity index (χ3n) is 4.27. The molecule has 0 aliphatic carbocycles. The van der Waals surface area contributed by atoms with E-state index in [0.29, 0.717) is 6.54 Å². The van der Waals surface area contributed by atoms with Gasteiger partial charge in [-0.2, -0.15) is 0 Å². The van der Waals surface area contributed by atoms with Crippen molar-refractivity contribution in [1.82, 2.24) is 9.55 Å². The van der Waals surface area contributed by atoms with E-state index in [1.54, 1.807) is 16.3 Å². The Morgan fingerprint density at radius 3 is 2.19 bits per heavy atom. The molecule has 3 nitrogen and oxygen atoms in total. The molecule has 2 aromatic heterocycles. The van der Waals surface area contributed by atoms with Gasteiger partial charge in [0, 0.05) is 6.54 Å². The van der Waals surface area contributed by atoms with Crippen LogP contribution in [0, 0.1) is 0 Å². The number of aromatic nitrogens is 2. The summed E-state index contributed by atoms with van der Waals surface area (Å²) in [5.41, 5.74) is 3.24. The molecule has 0 amide bonds. The maximum atomic E-state index is 12.8. The first-order valence-electron chi connectivity index (χ1n) is 8.52. The van der Waals surface area contributed by atoms with E-state index in [4.69, 9.17) is 4.98 Å². The average Bonchev–Trinajstić information content (AvgIpc) is 3.16. The number of hydrogen-bond donors (Lipinski definition) is 0. The number of thiophene rings is 1. The van der Waals surface area contributed by atoms with Crippen LogP contribution in [0.5, 0.6) is 0 Å². The highest BCUT2D eigenvalue weighted by Crippen LogP contribution is 2.39. The van der Waals surface area contributed by atoms with Crippen molar-refractivity contribution in [2.75, 3.05) is 0 Å². The number of nitrogens with zero attached hydrogens (tertiary/aromatic N) is 2. The minimum absolute atomic E-state index is 0.0508. The van der Waals surface area contributed by atoms with Crippen LogP contribution in [0.1, 0.15) is 23.3 Å². The van der Waals surface area contributed by atoms with E-state index in [1.807, 2.05) is 54.8 Å². The zero-order valence-electron chi connectivity index (χ0n) is 14.3. The number of benzene rings is 2. The number of rotatable bonds is 5. The first kappa shape index (κ1) is 17.1. The summed E-state index contributed by atoms with van der Waals surface area (Å²) < 4.78 is 2.51. The second-order valence-corrected chi connectivity index (χ2v) is 7.89. The monoisotopic (exact) mass is 378 g/mol. The van der Waals surface area contributed by atoms with Gasteiger partial charge in [-0.15, -0.1) is 11.3 Å². The smallest absolute Gasteiger partial charge is 0.272 e. The SMILES string of the molecule is CCn1c(SC(c2ccccc2)c2ccccc2)nc2ccsc2c1=O. The maximum absolute atomic E-state index is 12.8. The summed E-state index contributed by atoms with van der Waals surface area (Å²) in [6.07, 6.45) is 0. The van der Waals surface area contributed by atoms with E-state index in [2.05, 4.69) is 24.3 Å². The second-order valence-electron chi connectivity index (χ2n) is 5.90. The van der Waals surface area contributed by atoms with E-state index >= 15 is 0 Å². The van der Waals surface area contributed by atoms with Gasteiger partial charge in [-0.1, -0.05) is 72.4 Å². The lowest BCUT2D eigenvalue weighted by atomic mass is 10.0. The van der Waals surface area contributed by atoms with Crippen molar-refractivity contribution in [1.29, 1.82) is 0 Å². The fourth-order valence-electron chi connectivity index (χ4n) is 2.98. The Bertz CT molecular complexity index is 1030. The van der Waals surface area contributed by atoms with Crippen LogP contribution in [-0.4, -0.2) is 9.55 Å². The summed E-state index contributed by atoms with van der Waals surface area (Å²) in [6, 6.07) is 22.7. The van der Waals surface area contributed by atoms with Gasteiger partial charge in [0.1, 0.15) is 4.70 Å². The van der Waals surface area contributed by atoms with Crippen LogP contribution < -0.4 is 5.56 Å². The average molecular weight is 379 g/mol. The van der Waals surface area contributed by atoms with Crippen LogP contribution >= 0.6 is 23.1 Å². The molecule has 0 fully saturated rings. The van der Waals surface area contributed by atoms with Gasteiger partial charge in [0.25, 0.3) is 5.56 Å². The van der Waals surface area contributed by atoms with E-state index in [-0.39, 0.29) is 10.8 Å². The molecule has 0 N–H and O–H groups in total. The Hall–Kier alpha value is -2.37. The predicted octanol–water partition coefficient (Wildman–Crippen LogP) is 5.36. The zero-order valence-corrected chi connectivity index (χ0v) is 16.0. The summed E-state index contributed by atoms with van der Waals surface area (Å²) >= 11 is 3.09. The largest absolute Gasteiger partial charge is 0.287 e. The lowest BCUT2D eigenvalue weighted by Crippen LogP contribution is -2.22. The molecule has 0 bridgehead atoms. The molecule has 0 unspecified atom stereocenters. The molecule has 0 saturated heterocycles.